The lowest BCUT2D eigenvalue weighted by molar-refractivity contribution is 0.0527. The van der Waals surface area contributed by atoms with Crippen molar-refractivity contribution in [2.75, 3.05) is 26.2 Å². The van der Waals surface area contributed by atoms with E-state index in [-0.39, 0.29) is 29.0 Å². The largest absolute Gasteiger partial charge is 0.507 e. The van der Waals surface area contributed by atoms with Crippen molar-refractivity contribution in [3.63, 3.8) is 0 Å². The molecule has 1 N–H and O–H groups in total. The summed E-state index contributed by atoms with van der Waals surface area (Å²) in [5.74, 6) is -0.0263. The number of aromatic hydroxyl groups is 1. The Morgan fingerprint density at radius 2 is 1.53 bits per heavy atom. The first-order chi connectivity index (χ1) is 15.4. The first-order valence-corrected chi connectivity index (χ1v) is 10.9. The minimum Gasteiger partial charge on any atom is -0.507 e. The Hall–Kier alpha value is -3.10. The van der Waals surface area contributed by atoms with Crippen molar-refractivity contribution in [1.82, 2.24) is 24.6 Å². The molecule has 0 unspecified atom stereocenters. The van der Waals surface area contributed by atoms with E-state index in [1.165, 1.54) is 10.7 Å². The van der Waals surface area contributed by atoms with Gasteiger partial charge in [0, 0.05) is 32.6 Å². The van der Waals surface area contributed by atoms with E-state index < -0.39 is 0 Å². The van der Waals surface area contributed by atoms with Crippen LogP contribution in [0.5, 0.6) is 5.75 Å². The zero-order valence-electron chi connectivity index (χ0n) is 17.3. The molecule has 2 amide bonds. The van der Waals surface area contributed by atoms with Gasteiger partial charge in [0.05, 0.1) is 15.6 Å². The van der Waals surface area contributed by atoms with Crippen LogP contribution in [0.4, 0.5) is 0 Å². The lowest BCUT2D eigenvalue weighted by atomic mass is 10.1. The molecule has 4 rings (SSSR count). The fraction of sp³-hybridized carbons (Fsp3) is 0.273. The average molecular weight is 474 g/mol. The summed E-state index contributed by atoms with van der Waals surface area (Å²) in [6.07, 6.45) is 0.532. The third-order valence-electron chi connectivity index (χ3n) is 5.32. The lowest BCUT2D eigenvalue weighted by Crippen LogP contribution is -2.50. The molecule has 166 valence electrons. The molecule has 1 aliphatic heterocycles. The number of carbonyl (C=O) groups excluding carboxylic acids is 2. The van der Waals surface area contributed by atoms with Gasteiger partial charge < -0.3 is 14.9 Å². The molecule has 0 aliphatic carbocycles. The second-order valence-electron chi connectivity index (χ2n) is 7.29. The number of carbonyl (C=O) groups is 2. The first-order valence-electron chi connectivity index (χ1n) is 10.2. The van der Waals surface area contributed by atoms with Crippen molar-refractivity contribution in [2.24, 2.45) is 0 Å². The minimum atomic E-state index is -0.323. The zero-order chi connectivity index (χ0) is 22.8. The van der Waals surface area contributed by atoms with E-state index in [4.69, 9.17) is 23.2 Å². The smallest absolute Gasteiger partial charge is 0.293 e. The first kappa shape index (κ1) is 22.1. The summed E-state index contributed by atoms with van der Waals surface area (Å²) in [7, 11) is 0. The molecule has 0 bridgehead atoms. The number of rotatable bonds is 4. The average Bonchev–Trinajstić information content (AvgIpc) is 3.22. The summed E-state index contributed by atoms with van der Waals surface area (Å²) in [5, 5.41) is 15.1. The molecule has 3 aromatic rings. The van der Waals surface area contributed by atoms with Crippen LogP contribution in [-0.4, -0.2) is 67.7 Å². The monoisotopic (exact) mass is 473 g/mol. The number of piperazine rings is 1. The number of halogens is 2. The van der Waals surface area contributed by atoms with E-state index in [2.05, 4.69) is 10.1 Å². The van der Waals surface area contributed by atoms with Crippen LogP contribution in [0.15, 0.2) is 42.5 Å². The van der Waals surface area contributed by atoms with Crippen molar-refractivity contribution in [2.45, 2.75) is 13.3 Å². The minimum absolute atomic E-state index is 0.0540. The van der Waals surface area contributed by atoms with Crippen molar-refractivity contribution >= 4 is 35.0 Å². The molecular formula is C22H21Cl2N5O3. The molecule has 8 nitrogen and oxygen atoms in total. The van der Waals surface area contributed by atoms with E-state index in [0.717, 1.165) is 0 Å². The molecule has 2 heterocycles. The Balaban J connectivity index is 1.50. The van der Waals surface area contributed by atoms with Gasteiger partial charge in [0.2, 0.25) is 5.82 Å². The van der Waals surface area contributed by atoms with E-state index in [1.807, 2.05) is 6.92 Å². The predicted octanol–water partition coefficient (Wildman–Crippen LogP) is 3.44. The number of phenols is 1. The van der Waals surface area contributed by atoms with Gasteiger partial charge >= 0.3 is 0 Å². The van der Waals surface area contributed by atoms with Gasteiger partial charge in [0.25, 0.3) is 11.8 Å². The van der Waals surface area contributed by atoms with Gasteiger partial charge in [0.1, 0.15) is 17.3 Å². The number of aromatic nitrogens is 3. The molecule has 2 aromatic carbocycles. The van der Waals surface area contributed by atoms with Crippen LogP contribution in [0.2, 0.25) is 10.0 Å². The Labute approximate surface area is 195 Å². The van der Waals surface area contributed by atoms with Crippen molar-refractivity contribution in [3.05, 3.63) is 69.7 Å². The highest BCUT2D eigenvalue weighted by atomic mass is 35.5. The molecule has 0 radical (unpaired) electrons. The predicted molar refractivity (Wildman–Crippen MR) is 121 cm³/mol. The number of amides is 2. The Kier molecular flexibility index (Phi) is 6.34. The second-order valence-corrected chi connectivity index (χ2v) is 8.10. The van der Waals surface area contributed by atoms with E-state index >= 15 is 0 Å². The summed E-state index contributed by atoms with van der Waals surface area (Å²) in [6, 6.07) is 11.6. The molecule has 10 heteroatoms. The van der Waals surface area contributed by atoms with Crippen LogP contribution in [0.3, 0.4) is 0 Å². The number of phenolic OH excluding ortho intramolecular Hbond substituents is 1. The molecule has 1 saturated heterocycles. The normalized spacial score (nSPS) is 14.0. The lowest BCUT2D eigenvalue weighted by Gasteiger charge is -2.34. The number of aryl methyl sites for hydroxylation is 1. The number of hydrogen-bond acceptors (Lipinski definition) is 5. The van der Waals surface area contributed by atoms with E-state index in [9.17, 15) is 14.7 Å². The van der Waals surface area contributed by atoms with Crippen LogP contribution in [0, 0.1) is 0 Å². The standard InChI is InChI=1S/C22H21Cl2N5O3/c1-2-18-25-20(26-29(18)19-15(23)7-5-8-16(19)24)22(32)28-12-10-27(11-13-28)21(31)14-6-3-4-9-17(14)30/h3-9,30H,2,10-13H2,1H3. The highest BCUT2D eigenvalue weighted by Crippen LogP contribution is 2.29. The summed E-state index contributed by atoms with van der Waals surface area (Å²) in [6.45, 7) is 3.26. The van der Waals surface area contributed by atoms with Crippen LogP contribution >= 0.6 is 23.2 Å². The SMILES string of the molecule is CCc1nc(C(=O)N2CCN(C(=O)c3ccccc3O)CC2)nn1-c1c(Cl)cccc1Cl. The van der Waals surface area contributed by atoms with Gasteiger partial charge in [0.15, 0.2) is 0 Å². The van der Waals surface area contributed by atoms with Crippen molar-refractivity contribution in [3.8, 4) is 11.4 Å². The fourth-order valence-electron chi connectivity index (χ4n) is 3.61. The summed E-state index contributed by atoms with van der Waals surface area (Å²) >= 11 is 12.6. The Morgan fingerprint density at radius 1 is 0.938 bits per heavy atom. The zero-order valence-corrected chi connectivity index (χ0v) is 18.8. The van der Waals surface area contributed by atoms with Gasteiger partial charge in [-0.1, -0.05) is 48.3 Å². The van der Waals surface area contributed by atoms with Crippen molar-refractivity contribution < 1.29 is 14.7 Å². The topological polar surface area (TPSA) is 91.6 Å². The molecule has 1 fully saturated rings. The molecular weight excluding hydrogens is 453 g/mol. The summed E-state index contributed by atoms with van der Waals surface area (Å²) in [5.41, 5.74) is 0.731. The summed E-state index contributed by atoms with van der Waals surface area (Å²) in [4.78, 5) is 33.4. The van der Waals surface area contributed by atoms with Gasteiger partial charge in [-0.2, -0.15) is 0 Å². The maximum Gasteiger partial charge on any atom is 0.293 e. The molecule has 1 aromatic heterocycles. The maximum absolute atomic E-state index is 13.1. The quantitative estimate of drug-likeness (QED) is 0.626. The van der Waals surface area contributed by atoms with E-state index in [1.54, 1.807) is 46.2 Å². The van der Waals surface area contributed by atoms with E-state index in [0.29, 0.717) is 54.2 Å². The highest BCUT2D eigenvalue weighted by molar-refractivity contribution is 6.37. The van der Waals surface area contributed by atoms with Crippen molar-refractivity contribution in [1.29, 1.82) is 0 Å². The number of hydrogen-bond donors (Lipinski definition) is 1. The van der Waals surface area contributed by atoms with Gasteiger partial charge in [-0.3, -0.25) is 9.59 Å². The third kappa shape index (κ3) is 4.16. The number of benzene rings is 2. The van der Waals surface area contributed by atoms with Crippen LogP contribution in [0.25, 0.3) is 5.69 Å². The van der Waals surface area contributed by atoms with Crippen LogP contribution in [0.1, 0.15) is 33.7 Å². The van der Waals surface area contributed by atoms with Gasteiger partial charge in [-0.15, -0.1) is 5.10 Å². The molecule has 0 saturated carbocycles. The Bertz CT molecular complexity index is 1150. The van der Waals surface area contributed by atoms with Gasteiger partial charge in [-0.25, -0.2) is 9.67 Å². The Morgan fingerprint density at radius 3 is 2.12 bits per heavy atom. The maximum atomic E-state index is 13.1. The number of para-hydroxylation sites is 2. The fourth-order valence-corrected chi connectivity index (χ4v) is 4.17. The summed E-state index contributed by atoms with van der Waals surface area (Å²) < 4.78 is 1.51. The highest BCUT2D eigenvalue weighted by Gasteiger charge is 2.29. The molecule has 0 spiro atoms. The number of nitrogens with zero attached hydrogens (tertiary/aromatic N) is 5. The van der Waals surface area contributed by atoms with Crippen LogP contribution in [-0.2, 0) is 6.42 Å². The molecule has 32 heavy (non-hydrogen) atoms. The molecule has 1 aliphatic rings. The third-order valence-corrected chi connectivity index (χ3v) is 5.93. The van der Waals surface area contributed by atoms with Crippen LogP contribution < -0.4 is 0 Å². The molecule has 0 atom stereocenters. The second kappa shape index (κ2) is 9.18. The van der Waals surface area contributed by atoms with Gasteiger partial charge in [-0.05, 0) is 24.3 Å².